The van der Waals surface area contributed by atoms with Gasteiger partial charge in [-0.05, 0) is 38.0 Å². The number of aryl methyl sites for hydroxylation is 1. The van der Waals surface area contributed by atoms with Crippen LogP contribution in [0.25, 0.3) is 16.7 Å². The van der Waals surface area contributed by atoms with E-state index in [2.05, 4.69) is 19.9 Å². The van der Waals surface area contributed by atoms with Crippen LogP contribution in [0.4, 0.5) is 5.82 Å². The molecule has 6 nitrogen and oxygen atoms in total. The molecule has 0 radical (unpaired) electrons. The van der Waals surface area contributed by atoms with Crippen LogP contribution in [-0.2, 0) is 0 Å². The summed E-state index contributed by atoms with van der Waals surface area (Å²) in [6, 6.07) is 8.50. The average Bonchev–Trinajstić information content (AvgIpc) is 3.38. The van der Waals surface area contributed by atoms with Gasteiger partial charge in [0.05, 0.1) is 17.3 Å². The van der Waals surface area contributed by atoms with Crippen molar-refractivity contribution in [2.45, 2.75) is 38.6 Å². The fourth-order valence-corrected chi connectivity index (χ4v) is 4.79. The third-order valence-electron chi connectivity index (χ3n) is 6.03. The van der Waals surface area contributed by atoms with Gasteiger partial charge in [-0.3, -0.25) is 4.90 Å². The zero-order chi connectivity index (χ0) is 19.1. The van der Waals surface area contributed by atoms with E-state index in [9.17, 15) is 0 Å². The Morgan fingerprint density at radius 1 is 1.04 bits per heavy atom. The highest BCUT2D eigenvalue weighted by molar-refractivity contribution is 6.30. The molecule has 146 valence electrons. The summed E-state index contributed by atoms with van der Waals surface area (Å²) in [7, 11) is 0. The summed E-state index contributed by atoms with van der Waals surface area (Å²) in [6.07, 6.45) is 7.39. The van der Waals surface area contributed by atoms with Crippen LogP contribution in [-0.4, -0.2) is 56.9 Å². The van der Waals surface area contributed by atoms with Gasteiger partial charge in [0.25, 0.3) is 0 Å². The molecule has 1 saturated heterocycles. The molecule has 0 bridgehead atoms. The Morgan fingerprint density at radius 2 is 1.82 bits per heavy atom. The molecule has 28 heavy (non-hydrogen) atoms. The predicted molar refractivity (Wildman–Crippen MR) is 112 cm³/mol. The zero-order valence-corrected chi connectivity index (χ0v) is 16.9. The maximum Gasteiger partial charge on any atom is 0.168 e. The lowest BCUT2D eigenvalue weighted by molar-refractivity contribution is 0.187. The van der Waals surface area contributed by atoms with E-state index in [1.807, 2.05) is 42.1 Å². The Bertz CT molecular complexity index is 986. The number of hydrogen-bond acceptors (Lipinski definition) is 5. The van der Waals surface area contributed by atoms with Crippen LogP contribution in [0.5, 0.6) is 0 Å². The minimum atomic E-state index is 0.690. The lowest BCUT2D eigenvalue weighted by Crippen LogP contribution is -2.50. The molecule has 7 heteroatoms. The Kier molecular flexibility index (Phi) is 4.69. The first-order valence-electron chi connectivity index (χ1n) is 10.2. The number of halogens is 1. The molecule has 2 aliphatic rings. The second kappa shape index (κ2) is 7.33. The van der Waals surface area contributed by atoms with Crippen molar-refractivity contribution >= 4 is 28.5 Å². The monoisotopic (exact) mass is 396 g/mol. The van der Waals surface area contributed by atoms with Crippen molar-refractivity contribution in [1.82, 2.24) is 24.6 Å². The van der Waals surface area contributed by atoms with E-state index in [1.54, 1.807) is 0 Å². The Morgan fingerprint density at radius 3 is 2.57 bits per heavy atom. The first-order chi connectivity index (χ1) is 13.7. The first kappa shape index (κ1) is 17.9. The minimum absolute atomic E-state index is 0.690. The van der Waals surface area contributed by atoms with Crippen LogP contribution in [0.1, 0.15) is 31.5 Å². The quantitative estimate of drug-likeness (QED) is 0.673. The van der Waals surface area contributed by atoms with Gasteiger partial charge in [-0.1, -0.05) is 30.5 Å². The highest BCUT2D eigenvalue weighted by atomic mass is 35.5. The molecule has 2 aromatic heterocycles. The molecule has 0 N–H and O–H groups in total. The highest BCUT2D eigenvalue weighted by Gasteiger charge is 2.28. The van der Waals surface area contributed by atoms with Gasteiger partial charge in [0.1, 0.15) is 11.6 Å². The van der Waals surface area contributed by atoms with Crippen molar-refractivity contribution in [3.05, 3.63) is 41.3 Å². The lowest BCUT2D eigenvalue weighted by atomic mass is 10.1. The van der Waals surface area contributed by atoms with E-state index in [4.69, 9.17) is 16.6 Å². The number of rotatable bonds is 3. The predicted octanol–water partition coefficient (Wildman–Crippen LogP) is 3.84. The number of aromatic nitrogens is 4. The Labute approximate surface area is 170 Å². The number of fused-ring (bicyclic) bond motifs is 1. The third kappa shape index (κ3) is 3.25. The molecule has 2 fully saturated rings. The van der Waals surface area contributed by atoms with E-state index >= 15 is 0 Å². The van der Waals surface area contributed by atoms with Crippen LogP contribution in [0.2, 0.25) is 5.02 Å². The summed E-state index contributed by atoms with van der Waals surface area (Å²) in [5.41, 5.74) is 1.75. The molecular formula is C21H25ClN6. The van der Waals surface area contributed by atoms with Crippen LogP contribution < -0.4 is 4.90 Å². The van der Waals surface area contributed by atoms with Crippen LogP contribution in [0.3, 0.4) is 0 Å². The minimum Gasteiger partial charge on any atom is -0.353 e. The topological polar surface area (TPSA) is 50.1 Å². The third-order valence-corrected chi connectivity index (χ3v) is 6.26. The Balaban J connectivity index is 1.45. The maximum atomic E-state index is 6.18. The maximum absolute atomic E-state index is 6.18. The van der Waals surface area contributed by atoms with Gasteiger partial charge < -0.3 is 4.90 Å². The van der Waals surface area contributed by atoms with Gasteiger partial charge in [0.2, 0.25) is 0 Å². The van der Waals surface area contributed by atoms with Gasteiger partial charge in [-0.15, -0.1) is 0 Å². The summed E-state index contributed by atoms with van der Waals surface area (Å²) in [6.45, 7) is 6.18. The summed E-state index contributed by atoms with van der Waals surface area (Å²) >= 11 is 6.18. The van der Waals surface area contributed by atoms with Crippen molar-refractivity contribution in [3.63, 3.8) is 0 Å². The van der Waals surface area contributed by atoms with Gasteiger partial charge in [-0.25, -0.2) is 14.6 Å². The van der Waals surface area contributed by atoms with Crippen molar-refractivity contribution in [2.75, 3.05) is 31.1 Å². The number of nitrogens with zero attached hydrogens (tertiary/aromatic N) is 6. The summed E-state index contributed by atoms with van der Waals surface area (Å²) in [5, 5.41) is 6.29. The summed E-state index contributed by atoms with van der Waals surface area (Å²) < 4.78 is 1.86. The van der Waals surface area contributed by atoms with Crippen LogP contribution >= 0.6 is 11.6 Å². The van der Waals surface area contributed by atoms with Crippen molar-refractivity contribution < 1.29 is 0 Å². The van der Waals surface area contributed by atoms with Crippen LogP contribution in [0.15, 0.2) is 30.5 Å². The van der Waals surface area contributed by atoms with Gasteiger partial charge >= 0.3 is 0 Å². The molecule has 0 amide bonds. The number of hydrogen-bond donors (Lipinski definition) is 0. The molecule has 3 heterocycles. The van der Waals surface area contributed by atoms with Crippen LogP contribution in [0, 0.1) is 6.92 Å². The molecule has 1 aromatic carbocycles. The Hall–Kier alpha value is -2.18. The molecule has 0 unspecified atom stereocenters. The normalized spacial score (nSPS) is 19.0. The summed E-state index contributed by atoms with van der Waals surface area (Å²) in [5.74, 6) is 1.77. The first-order valence-corrected chi connectivity index (χ1v) is 10.5. The number of anilines is 1. The second-order valence-corrected chi connectivity index (χ2v) is 8.27. The summed E-state index contributed by atoms with van der Waals surface area (Å²) in [4.78, 5) is 14.5. The van der Waals surface area contributed by atoms with E-state index in [-0.39, 0.29) is 0 Å². The van der Waals surface area contributed by atoms with Crippen molar-refractivity contribution in [1.29, 1.82) is 0 Å². The van der Waals surface area contributed by atoms with Gasteiger partial charge in [-0.2, -0.15) is 5.10 Å². The molecule has 0 atom stereocenters. The molecule has 1 saturated carbocycles. The van der Waals surface area contributed by atoms with Gasteiger partial charge in [0, 0.05) is 37.2 Å². The molecule has 1 aliphatic carbocycles. The smallest absolute Gasteiger partial charge is 0.168 e. The molecule has 5 rings (SSSR count). The van der Waals surface area contributed by atoms with Gasteiger partial charge in [0.15, 0.2) is 5.65 Å². The standard InChI is InChI=1S/C21H25ClN6/c1-15-24-20(27-11-9-26(10-12-27)17-6-2-3-7-17)19-14-23-28(21(19)25-15)18-8-4-5-16(22)13-18/h4-5,8,13-14,17H,2-3,6-7,9-12H2,1H3. The molecule has 1 aliphatic heterocycles. The SMILES string of the molecule is Cc1nc(N2CCN(C3CCCC3)CC2)c2cnn(-c3cccc(Cl)c3)c2n1. The number of benzene rings is 1. The average molecular weight is 397 g/mol. The van der Waals surface area contributed by atoms with E-state index in [0.717, 1.165) is 60.6 Å². The fraction of sp³-hybridized carbons (Fsp3) is 0.476. The molecule has 3 aromatic rings. The number of piperazine rings is 1. The largest absolute Gasteiger partial charge is 0.353 e. The highest BCUT2D eigenvalue weighted by Crippen LogP contribution is 2.29. The fourth-order valence-electron chi connectivity index (χ4n) is 4.61. The van der Waals surface area contributed by atoms with Crippen molar-refractivity contribution in [2.24, 2.45) is 0 Å². The van der Waals surface area contributed by atoms with E-state index in [0.29, 0.717) is 5.02 Å². The van der Waals surface area contributed by atoms with E-state index in [1.165, 1.54) is 25.7 Å². The zero-order valence-electron chi connectivity index (χ0n) is 16.2. The van der Waals surface area contributed by atoms with E-state index < -0.39 is 0 Å². The lowest BCUT2D eigenvalue weighted by Gasteiger charge is -2.38. The molecular weight excluding hydrogens is 372 g/mol. The second-order valence-electron chi connectivity index (χ2n) is 7.83. The molecule has 0 spiro atoms. The van der Waals surface area contributed by atoms with Crippen molar-refractivity contribution in [3.8, 4) is 5.69 Å².